The number of Topliss-reactive ketones (excluding diaryl/α,β-unsaturated/α-hetero) is 1. The number of rotatable bonds is 3. The topological polar surface area (TPSA) is 55.6 Å². The van der Waals surface area contributed by atoms with Gasteiger partial charge in [0.15, 0.2) is 5.78 Å². The molecule has 3 heterocycles. The van der Waals surface area contributed by atoms with E-state index in [1.807, 2.05) is 29.7 Å². The Morgan fingerprint density at radius 2 is 2.45 bits per heavy atom. The number of morpholine rings is 1. The Labute approximate surface area is 118 Å². The van der Waals surface area contributed by atoms with Crippen LogP contribution >= 0.6 is 0 Å². The second-order valence-corrected chi connectivity index (χ2v) is 5.30. The first-order valence-electron chi connectivity index (χ1n) is 6.96. The molecule has 0 spiro atoms. The fourth-order valence-electron chi connectivity index (χ4n) is 2.64. The SMILES string of the molecule is CC(=O)c1nc2cc(C)ccn2c1C[C@H]1CNCCO1. The molecule has 20 heavy (non-hydrogen) atoms. The van der Waals surface area contributed by atoms with E-state index in [1.165, 1.54) is 0 Å². The van der Waals surface area contributed by atoms with Crippen LogP contribution in [0.15, 0.2) is 18.3 Å². The third kappa shape index (κ3) is 2.46. The van der Waals surface area contributed by atoms with E-state index in [0.29, 0.717) is 12.1 Å². The second kappa shape index (κ2) is 5.34. The van der Waals surface area contributed by atoms with E-state index in [-0.39, 0.29) is 11.9 Å². The molecule has 5 heteroatoms. The van der Waals surface area contributed by atoms with Gasteiger partial charge in [0.1, 0.15) is 11.3 Å². The van der Waals surface area contributed by atoms with Crippen LogP contribution in [0.5, 0.6) is 0 Å². The van der Waals surface area contributed by atoms with Crippen molar-refractivity contribution in [1.82, 2.24) is 14.7 Å². The molecule has 0 bridgehead atoms. The number of nitrogens with zero attached hydrogens (tertiary/aromatic N) is 2. The summed E-state index contributed by atoms with van der Waals surface area (Å²) in [4.78, 5) is 16.3. The summed E-state index contributed by atoms with van der Waals surface area (Å²) >= 11 is 0. The minimum atomic E-state index is 0.00474. The van der Waals surface area contributed by atoms with E-state index in [4.69, 9.17) is 4.74 Å². The molecule has 0 amide bonds. The summed E-state index contributed by atoms with van der Waals surface area (Å²) in [6, 6.07) is 4.03. The lowest BCUT2D eigenvalue weighted by molar-refractivity contribution is 0.0284. The van der Waals surface area contributed by atoms with Gasteiger partial charge in [-0.05, 0) is 24.6 Å². The van der Waals surface area contributed by atoms with Gasteiger partial charge in [-0.15, -0.1) is 0 Å². The van der Waals surface area contributed by atoms with Crippen LogP contribution in [0, 0.1) is 6.92 Å². The molecule has 2 aromatic heterocycles. The van der Waals surface area contributed by atoms with Crippen molar-refractivity contribution >= 4 is 11.4 Å². The molecule has 106 valence electrons. The first-order chi connectivity index (χ1) is 9.65. The summed E-state index contributed by atoms with van der Waals surface area (Å²) in [5, 5.41) is 3.31. The number of ether oxygens (including phenoxy) is 1. The number of hydrogen-bond acceptors (Lipinski definition) is 4. The second-order valence-electron chi connectivity index (χ2n) is 5.30. The highest BCUT2D eigenvalue weighted by molar-refractivity contribution is 5.94. The van der Waals surface area contributed by atoms with Gasteiger partial charge in [0.2, 0.25) is 0 Å². The fraction of sp³-hybridized carbons (Fsp3) is 0.467. The molecule has 0 unspecified atom stereocenters. The molecule has 1 aliphatic rings. The number of ketones is 1. The average Bonchev–Trinajstić information content (AvgIpc) is 2.78. The van der Waals surface area contributed by atoms with Gasteiger partial charge in [0, 0.05) is 32.6 Å². The van der Waals surface area contributed by atoms with Crippen LogP contribution in [0.4, 0.5) is 0 Å². The van der Waals surface area contributed by atoms with E-state index >= 15 is 0 Å². The smallest absolute Gasteiger partial charge is 0.180 e. The zero-order valence-corrected chi connectivity index (χ0v) is 11.8. The van der Waals surface area contributed by atoms with Crippen molar-refractivity contribution in [2.75, 3.05) is 19.7 Å². The maximum atomic E-state index is 11.8. The van der Waals surface area contributed by atoms with Crippen LogP contribution in [0.25, 0.3) is 5.65 Å². The van der Waals surface area contributed by atoms with Gasteiger partial charge in [-0.1, -0.05) is 0 Å². The van der Waals surface area contributed by atoms with Crippen LogP contribution in [-0.2, 0) is 11.2 Å². The molecule has 2 aromatic rings. The van der Waals surface area contributed by atoms with Gasteiger partial charge in [-0.3, -0.25) is 4.79 Å². The third-order valence-corrected chi connectivity index (χ3v) is 3.64. The van der Waals surface area contributed by atoms with Crippen molar-refractivity contribution in [2.24, 2.45) is 0 Å². The van der Waals surface area contributed by atoms with E-state index in [9.17, 15) is 4.79 Å². The molecule has 1 N–H and O–H groups in total. The fourth-order valence-corrected chi connectivity index (χ4v) is 2.64. The van der Waals surface area contributed by atoms with Crippen molar-refractivity contribution in [3.05, 3.63) is 35.3 Å². The molecule has 0 saturated carbocycles. The monoisotopic (exact) mass is 273 g/mol. The minimum absolute atomic E-state index is 0.00474. The molecule has 1 saturated heterocycles. The van der Waals surface area contributed by atoms with Crippen LogP contribution in [0.3, 0.4) is 0 Å². The molecule has 0 aromatic carbocycles. The number of aromatic nitrogens is 2. The van der Waals surface area contributed by atoms with Crippen molar-refractivity contribution in [1.29, 1.82) is 0 Å². The van der Waals surface area contributed by atoms with Gasteiger partial charge in [-0.25, -0.2) is 4.98 Å². The number of carbonyl (C=O) groups excluding carboxylic acids is 1. The minimum Gasteiger partial charge on any atom is -0.375 e. The Kier molecular flexibility index (Phi) is 3.54. The summed E-state index contributed by atoms with van der Waals surface area (Å²) in [6.07, 6.45) is 2.78. The normalized spacial score (nSPS) is 19.4. The molecule has 1 fully saturated rings. The van der Waals surface area contributed by atoms with E-state index < -0.39 is 0 Å². The maximum absolute atomic E-state index is 11.8. The predicted molar refractivity (Wildman–Crippen MR) is 76.2 cm³/mol. The Balaban J connectivity index is 2.01. The quantitative estimate of drug-likeness (QED) is 0.858. The molecular weight excluding hydrogens is 254 g/mol. The van der Waals surface area contributed by atoms with Crippen LogP contribution in [-0.4, -0.2) is 41.0 Å². The van der Waals surface area contributed by atoms with Crippen LogP contribution < -0.4 is 5.32 Å². The first kappa shape index (κ1) is 13.3. The Bertz CT molecular complexity index is 642. The Morgan fingerprint density at radius 3 is 3.15 bits per heavy atom. The van der Waals surface area contributed by atoms with Gasteiger partial charge in [-0.2, -0.15) is 0 Å². The van der Waals surface area contributed by atoms with Gasteiger partial charge < -0.3 is 14.5 Å². The van der Waals surface area contributed by atoms with Crippen molar-refractivity contribution < 1.29 is 9.53 Å². The van der Waals surface area contributed by atoms with Gasteiger partial charge in [0.05, 0.1) is 18.4 Å². The van der Waals surface area contributed by atoms with Crippen molar-refractivity contribution in [2.45, 2.75) is 26.4 Å². The average molecular weight is 273 g/mol. The Morgan fingerprint density at radius 1 is 1.60 bits per heavy atom. The van der Waals surface area contributed by atoms with E-state index in [0.717, 1.165) is 36.6 Å². The number of fused-ring (bicyclic) bond motifs is 1. The summed E-state index contributed by atoms with van der Waals surface area (Å²) < 4.78 is 7.75. The summed E-state index contributed by atoms with van der Waals surface area (Å²) in [6.45, 7) is 6.02. The maximum Gasteiger partial charge on any atom is 0.180 e. The number of carbonyl (C=O) groups is 1. The summed E-state index contributed by atoms with van der Waals surface area (Å²) in [7, 11) is 0. The Hall–Kier alpha value is -1.72. The number of imidazole rings is 1. The lowest BCUT2D eigenvalue weighted by Crippen LogP contribution is -2.40. The highest BCUT2D eigenvalue weighted by atomic mass is 16.5. The number of aryl methyl sites for hydroxylation is 1. The summed E-state index contributed by atoms with van der Waals surface area (Å²) in [5.74, 6) is 0.00474. The van der Waals surface area contributed by atoms with Gasteiger partial charge >= 0.3 is 0 Å². The van der Waals surface area contributed by atoms with Crippen LogP contribution in [0.1, 0.15) is 28.7 Å². The van der Waals surface area contributed by atoms with E-state index in [2.05, 4.69) is 10.3 Å². The number of nitrogens with one attached hydrogen (secondary N) is 1. The largest absolute Gasteiger partial charge is 0.375 e. The molecule has 3 rings (SSSR count). The van der Waals surface area contributed by atoms with Crippen molar-refractivity contribution in [3.63, 3.8) is 0 Å². The predicted octanol–water partition coefficient (Wildman–Crippen LogP) is 1.38. The lowest BCUT2D eigenvalue weighted by Gasteiger charge is -2.23. The molecule has 0 aliphatic carbocycles. The highest BCUT2D eigenvalue weighted by Crippen LogP contribution is 2.18. The number of hydrogen-bond donors (Lipinski definition) is 1. The molecular formula is C15H19N3O2. The van der Waals surface area contributed by atoms with Crippen molar-refractivity contribution in [3.8, 4) is 0 Å². The first-order valence-corrected chi connectivity index (χ1v) is 6.96. The molecule has 0 radical (unpaired) electrons. The molecule has 5 nitrogen and oxygen atoms in total. The lowest BCUT2D eigenvalue weighted by atomic mass is 10.1. The molecule has 1 aliphatic heterocycles. The van der Waals surface area contributed by atoms with Crippen LogP contribution in [0.2, 0.25) is 0 Å². The summed E-state index contributed by atoms with van der Waals surface area (Å²) in [5.41, 5.74) is 3.47. The molecule has 1 atom stereocenters. The third-order valence-electron chi connectivity index (χ3n) is 3.64. The number of pyridine rings is 1. The zero-order chi connectivity index (χ0) is 14.1. The zero-order valence-electron chi connectivity index (χ0n) is 11.8. The highest BCUT2D eigenvalue weighted by Gasteiger charge is 2.21. The standard InChI is InChI=1S/C15H19N3O2/c1-10-3-5-18-13(8-12-9-16-4-6-20-12)15(11(2)19)17-14(18)7-10/h3,5,7,12,16H,4,6,8-9H2,1-2H3/t12-/m0/s1. The van der Waals surface area contributed by atoms with Gasteiger partial charge in [0.25, 0.3) is 0 Å². The van der Waals surface area contributed by atoms with E-state index in [1.54, 1.807) is 6.92 Å².